The van der Waals surface area contributed by atoms with E-state index in [1.165, 1.54) is 0 Å². The van der Waals surface area contributed by atoms with Gasteiger partial charge in [-0.2, -0.15) is 10.4 Å². The molecule has 1 atom stereocenters. The van der Waals surface area contributed by atoms with Gasteiger partial charge in [0, 0.05) is 30.4 Å². The van der Waals surface area contributed by atoms with Crippen molar-refractivity contribution in [2.24, 2.45) is 0 Å². The smallest absolute Gasteiger partial charge is 0.268 e. The van der Waals surface area contributed by atoms with Gasteiger partial charge >= 0.3 is 0 Å². The summed E-state index contributed by atoms with van der Waals surface area (Å²) in [5, 5.41) is 15.0. The van der Waals surface area contributed by atoms with Crippen molar-refractivity contribution >= 4 is 16.6 Å². The largest absolute Gasteiger partial charge is 0.368 e. The van der Waals surface area contributed by atoms with Gasteiger partial charge in [0.25, 0.3) is 5.56 Å². The lowest BCUT2D eigenvalue weighted by atomic mass is 10.1. The molecule has 1 saturated heterocycles. The molecule has 1 aliphatic rings. The van der Waals surface area contributed by atoms with Crippen LogP contribution < -0.4 is 10.5 Å². The fourth-order valence-electron chi connectivity index (χ4n) is 3.72. The first-order valence-corrected chi connectivity index (χ1v) is 8.26. The Balaban J connectivity index is 1.79. The minimum Gasteiger partial charge on any atom is -0.368 e. The van der Waals surface area contributed by atoms with Crippen LogP contribution >= 0.6 is 0 Å². The predicted molar refractivity (Wildman–Crippen MR) is 94.6 cm³/mol. The topological polar surface area (TPSA) is 90.6 Å². The third kappa shape index (κ3) is 2.47. The van der Waals surface area contributed by atoms with E-state index in [1.54, 1.807) is 12.4 Å². The van der Waals surface area contributed by atoms with E-state index in [0.717, 1.165) is 36.3 Å². The summed E-state index contributed by atoms with van der Waals surface area (Å²) in [4.78, 5) is 21.2. The number of fused-ring (bicyclic) bond motifs is 1. The summed E-state index contributed by atoms with van der Waals surface area (Å²) < 4.78 is 2.05. The second-order valence-corrected chi connectivity index (χ2v) is 6.47. The number of anilines is 1. The van der Waals surface area contributed by atoms with Gasteiger partial charge in [-0.3, -0.25) is 14.5 Å². The van der Waals surface area contributed by atoms with Gasteiger partial charge in [-0.25, -0.2) is 0 Å². The molecule has 1 fully saturated rings. The molecule has 7 nitrogen and oxygen atoms in total. The average molecular weight is 334 g/mol. The Bertz CT molecular complexity index is 1060. The number of H-pyrrole nitrogens is 1. The van der Waals surface area contributed by atoms with Crippen LogP contribution in [0.3, 0.4) is 0 Å². The van der Waals surface area contributed by atoms with Crippen molar-refractivity contribution in [2.75, 3.05) is 18.0 Å². The molecule has 25 heavy (non-hydrogen) atoms. The highest BCUT2D eigenvalue weighted by atomic mass is 16.1. The standard InChI is InChI=1S/C18H18N6O/c1-11-7-12(2)24(22-11)13-4-6-23(10-13)17-14-3-5-20-9-16(14)21-18(25)15(17)8-19/h3,5,7,9,13H,4,6,10H2,1-2H3,(H,21,25)/t13-/m1/s1. The van der Waals surface area contributed by atoms with Gasteiger partial charge in [0.2, 0.25) is 0 Å². The van der Waals surface area contributed by atoms with Crippen molar-refractivity contribution in [3.05, 3.63) is 51.8 Å². The highest BCUT2D eigenvalue weighted by molar-refractivity contribution is 5.94. The molecule has 4 heterocycles. The molecule has 126 valence electrons. The van der Waals surface area contributed by atoms with Crippen LogP contribution in [-0.4, -0.2) is 32.8 Å². The van der Waals surface area contributed by atoms with E-state index in [2.05, 4.69) is 43.7 Å². The number of hydrogen-bond donors (Lipinski definition) is 1. The molecule has 1 N–H and O–H groups in total. The molecule has 4 rings (SSSR count). The Morgan fingerprint density at radius 1 is 1.40 bits per heavy atom. The SMILES string of the molecule is Cc1cc(C)n([C@@H]2CCN(c3c(C#N)c(=O)[nH]c4cnccc34)C2)n1. The Morgan fingerprint density at radius 2 is 2.24 bits per heavy atom. The van der Waals surface area contributed by atoms with Crippen molar-refractivity contribution < 1.29 is 0 Å². The molecule has 0 aliphatic carbocycles. The zero-order chi connectivity index (χ0) is 17.6. The van der Waals surface area contributed by atoms with Crippen LogP contribution in [0.25, 0.3) is 10.9 Å². The van der Waals surface area contributed by atoms with Crippen LogP contribution in [0, 0.1) is 25.2 Å². The van der Waals surface area contributed by atoms with Gasteiger partial charge in [-0.1, -0.05) is 0 Å². The van der Waals surface area contributed by atoms with E-state index >= 15 is 0 Å². The van der Waals surface area contributed by atoms with E-state index in [-0.39, 0.29) is 17.2 Å². The van der Waals surface area contributed by atoms with Crippen LogP contribution in [-0.2, 0) is 0 Å². The summed E-state index contributed by atoms with van der Waals surface area (Å²) in [6.07, 6.45) is 4.22. The number of aryl methyl sites for hydroxylation is 2. The Morgan fingerprint density at radius 3 is 2.96 bits per heavy atom. The van der Waals surface area contributed by atoms with Crippen molar-refractivity contribution in [3.63, 3.8) is 0 Å². The molecular formula is C18H18N6O. The number of nitrogens with zero attached hydrogens (tertiary/aromatic N) is 5. The number of nitrogens with one attached hydrogen (secondary N) is 1. The molecule has 0 unspecified atom stereocenters. The van der Waals surface area contributed by atoms with Crippen molar-refractivity contribution in [1.29, 1.82) is 5.26 Å². The van der Waals surface area contributed by atoms with Crippen LogP contribution in [0.5, 0.6) is 0 Å². The molecular weight excluding hydrogens is 316 g/mol. The van der Waals surface area contributed by atoms with Gasteiger partial charge in [0.05, 0.1) is 29.1 Å². The maximum Gasteiger partial charge on any atom is 0.268 e. The number of rotatable bonds is 2. The zero-order valence-electron chi connectivity index (χ0n) is 14.2. The fraction of sp³-hybridized carbons (Fsp3) is 0.333. The lowest BCUT2D eigenvalue weighted by Gasteiger charge is -2.22. The molecule has 0 radical (unpaired) electrons. The highest BCUT2D eigenvalue weighted by Gasteiger charge is 2.29. The van der Waals surface area contributed by atoms with Crippen LogP contribution in [0.15, 0.2) is 29.3 Å². The van der Waals surface area contributed by atoms with Crippen LogP contribution in [0.4, 0.5) is 5.69 Å². The lowest BCUT2D eigenvalue weighted by Crippen LogP contribution is -2.26. The fourth-order valence-corrected chi connectivity index (χ4v) is 3.72. The first-order chi connectivity index (χ1) is 12.1. The van der Waals surface area contributed by atoms with Gasteiger partial charge in [-0.15, -0.1) is 0 Å². The Hall–Kier alpha value is -3.14. The number of aromatic amines is 1. The third-order valence-corrected chi connectivity index (χ3v) is 4.77. The van der Waals surface area contributed by atoms with Gasteiger partial charge in [0.15, 0.2) is 0 Å². The molecule has 0 amide bonds. The van der Waals surface area contributed by atoms with Crippen molar-refractivity contribution in [2.45, 2.75) is 26.3 Å². The lowest BCUT2D eigenvalue weighted by molar-refractivity contribution is 0.481. The molecule has 3 aromatic heterocycles. The quantitative estimate of drug-likeness (QED) is 0.774. The molecule has 0 aromatic carbocycles. The van der Waals surface area contributed by atoms with Gasteiger partial charge in [-0.05, 0) is 32.4 Å². The number of pyridine rings is 2. The Labute approximate surface area is 144 Å². The minimum atomic E-state index is -0.368. The maximum absolute atomic E-state index is 12.3. The molecule has 1 aliphatic heterocycles. The average Bonchev–Trinajstić information content (AvgIpc) is 3.19. The zero-order valence-corrected chi connectivity index (χ0v) is 14.2. The summed E-state index contributed by atoms with van der Waals surface area (Å²) in [5.41, 5.74) is 3.27. The summed E-state index contributed by atoms with van der Waals surface area (Å²) in [5.74, 6) is 0. The highest BCUT2D eigenvalue weighted by Crippen LogP contribution is 2.33. The molecule has 0 bridgehead atoms. The summed E-state index contributed by atoms with van der Waals surface area (Å²) in [7, 11) is 0. The van der Waals surface area contributed by atoms with Crippen molar-refractivity contribution in [3.8, 4) is 6.07 Å². The predicted octanol–water partition coefficient (Wildman–Crippen LogP) is 2.06. The monoisotopic (exact) mass is 334 g/mol. The van der Waals surface area contributed by atoms with E-state index < -0.39 is 0 Å². The van der Waals surface area contributed by atoms with E-state index in [0.29, 0.717) is 11.2 Å². The number of nitriles is 1. The van der Waals surface area contributed by atoms with Crippen molar-refractivity contribution in [1.82, 2.24) is 19.7 Å². The first kappa shape index (κ1) is 15.4. The molecule has 3 aromatic rings. The van der Waals surface area contributed by atoms with Crippen LogP contribution in [0.1, 0.15) is 29.4 Å². The molecule has 0 saturated carbocycles. The second-order valence-electron chi connectivity index (χ2n) is 6.47. The normalized spacial score (nSPS) is 17.2. The van der Waals surface area contributed by atoms with Gasteiger partial charge in [0.1, 0.15) is 11.6 Å². The first-order valence-electron chi connectivity index (χ1n) is 8.26. The second kappa shape index (κ2) is 5.74. The van der Waals surface area contributed by atoms with E-state index in [9.17, 15) is 10.1 Å². The van der Waals surface area contributed by atoms with Gasteiger partial charge < -0.3 is 9.88 Å². The minimum absolute atomic E-state index is 0.160. The van der Waals surface area contributed by atoms with Crippen LogP contribution in [0.2, 0.25) is 0 Å². The Kier molecular flexibility index (Phi) is 3.53. The van der Waals surface area contributed by atoms with E-state index in [1.807, 2.05) is 13.0 Å². The summed E-state index contributed by atoms with van der Waals surface area (Å²) in [6, 6.07) is 6.22. The summed E-state index contributed by atoms with van der Waals surface area (Å²) in [6.45, 7) is 5.54. The number of aromatic nitrogens is 4. The molecule has 7 heteroatoms. The van der Waals surface area contributed by atoms with E-state index in [4.69, 9.17) is 0 Å². The summed E-state index contributed by atoms with van der Waals surface area (Å²) >= 11 is 0. The molecule has 0 spiro atoms. The third-order valence-electron chi connectivity index (χ3n) is 4.77. The maximum atomic E-state index is 12.3. The number of hydrogen-bond acceptors (Lipinski definition) is 5.